The fourth-order valence-electron chi connectivity index (χ4n) is 2.24. The summed E-state index contributed by atoms with van der Waals surface area (Å²) in [5, 5.41) is 9.60. The van der Waals surface area contributed by atoms with Crippen LogP contribution in [-0.4, -0.2) is 21.5 Å². The van der Waals surface area contributed by atoms with E-state index in [0.29, 0.717) is 11.5 Å². The van der Waals surface area contributed by atoms with Crippen molar-refractivity contribution in [1.82, 2.24) is 9.38 Å². The Hall–Kier alpha value is -2.40. The lowest BCUT2D eigenvalue weighted by molar-refractivity contribution is 0.276. The fraction of sp³-hybridized carbons (Fsp3) is 0.133. The third-order valence-corrected chi connectivity index (χ3v) is 3.29. The monoisotopic (exact) mass is 271 g/mol. The Morgan fingerprint density at radius 3 is 2.65 bits per heavy atom. The van der Waals surface area contributed by atoms with Crippen LogP contribution in [0.25, 0.3) is 5.65 Å². The van der Waals surface area contributed by atoms with Gasteiger partial charge in [0.25, 0.3) is 0 Å². The van der Waals surface area contributed by atoms with Gasteiger partial charge in [-0.1, -0.05) is 6.07 Å². The van der Waals surface area contributed by atoms with E-state index in [2.05, 4.69) is 4.98 Å². The average molecular weight is 271 g/mol. The van der Waals surface area contributed by atoms with Gasteiger partial charge >= 0.3 is 0 Å². The van der Waals surface area contributed by atoms with Gasteiger partial charge in [0, 0.05) is 18.9 Å². The summed E-state index contributed by atoms with van der Waals surface area (Å²) in [5.41, 5.74) is 2.28. The molecule has 0 aliphatic carbocycles. The van der Waals surface area contributed by atoms with E-state index in [1.807, 2.05) is 40.7 Å². The predicted octanol–water partition coefficient (Wildman–Crippen LogP) is 2.73. The number of anilines is 2. The number of aromatic nitrogens is 2. The molecule has 0 amide bonds. The number of pyridine rings is 1. The van der Waals surface area contributed by atoms with Crippen LogP contribution in [0.3, 0.4) is 0 Å². The molecule has 4 nitrogen and oxygen atoms in total. The Bertz CT molecular complexity index is 736. The number of benzene rings is 1. The van der Waals surface area contributed by atoms with Gasteiger partial charge in [-0.05, 0) is 36.4 Å². The van der Waals surface area contributed by atoms with Crippen molar-refractivity contribution in [3.05, 3.63) is 60.2 Å². The van der Waals surface area contributed by atoms with Gasteiger partial charge in [0.15, 0.2) is 5.82 Å². The molecule has 2 aromatic heterocycles. The van der Waals surface area contributed by atoms with Crippen molar-refractivity contribution >= 4 is 17.2 Å². The highest BCUT2D eigenvalue weighted by Gasteiger charge is 2.15. The van der Waals surface area contributed by atoms with E-state index in [1.54, 1.807) is 12.1 Å². The molecule has 0 aliphatic rings. The minimum absolute atomic E-state index is 0.119. The second kappa shape index (κ2) is 4.94. The molecule has 3 rings (SSSR count). The summed E-state index contributed by atoms with van der Waals surface area (Å²) >= 11 is 0. The van der Waals surface area contributed by atoms with Gasteiger partial charge in [-0.15, -0.1) is 0 Å². The lowest BCUT2D eigenvalue weighted by Gasteiger charge is -2.18. The van der Waals surface area contributed by atoms with Crippen LogP contribution < -0.4 is 4.90 Å². The Morgan fingerprint density at radius 1 is 1.20 bits per heavy atom. The molecular formula is C15H14FN3O. The van der Waals surface area contributed by atoms with Crippen LogP contribution in [0.5, 0.6) is 0 Å². The first-order chi connectivity index (χ1) is 9.70. The van der Waals surface area contributed by atoms with E-state index >= 15 is 0 Å². The molecule has 0 unspecified atom stereocenters. The standard InChI is InChI=1S/C15H14FN3O/c1-18(12-7-5-11(16)6-8-12)15-13(10-20)19-9-3-2-4-14(19)17-15/h2-9,20H,10H2,1H3. The maximum absolute atomic E-state index is 13.0. The smallest absolute Gasteiger partial charge is 0.157 e. The van der Waals surface area contributed by atoms with Crippen molar-refractivity contribution in [2.75, 3.05) is 11.9 Å². The Kier molecular flexibility index (Phi) is 3.12. The summed E-state index contributed by atoms with van der Waals surface area (Å²) in [4.78, 5) is 6.35. The number of fused-ring (bicyclic) bond motifs is 1. The molecular weight excluding hydrogens is 257 g/mol. The maximum atomic E-state index is 13.0. The number of hydrogen-bond acceptors (Lipinski definition) is 3. The van der Waals surface area contributed by atoms with Gasteiger partial charge in [0.1, 0.15) is 11.5 Å². The van der Waals surface area contributed by atoms with E-state index in [0.717, 1.165) is 11.3 Å². The van der Waals surface area contributed by atoms with Crippen LogP contribution in [0.4, 0.5) is 15.9 Å². The number of aliphatic hydroxyl groups is 1. The molecule has 0 radical (unpaired) electrons. The van der Waals surface area contributed by atoms with Gasteiger partial charge < -0.3 is 10.0 Å². The first-order valence-electron chi connectivity index (χ1n) is 6.27. The highest BCUT2D eigenvalue weighted by atomic mass is 19.1. The van der Waals surface area contributed by atoms with E-state index in [-0.39, 0.29) is 12.4 Å². The molecule has 0 spiro atoms. The molecule has 0 bridgehead atoms. The Balaban J connectivity index is 2.11. The molecule has 0 saturated carbocycles. The minimum atomic E-state index is -0.278. The fourth-order valence-corrected chi connectivity index (χ4v) is 2.24. The van der Waals surface area contributed by atoms with Crippen molar-refractivity contribution in [1.29, 1.82) is 0 Å². The molecule has 102 valence electrons. The molecule has 0 fully saturated rings. The van der Waals surface area contributed by atoms with Gasteiger partial charge in [-0.3, -0.25) is 4.40 Å². The summed E-state index contributed by atoms with van der Waals surface area (Å²) in [7, 11) is 1.84. The average Bonchev–Trinajstić information content (AvgIpc) is 2.85. The molecule has 5 heteroatoms. The van der Waals surface area contributed by atoms with Gasteiger partial charge in [-0.2, -0.15) is 0 Å². The summed E-state index contributed by atoms with van der Waals surface area (Å²) in [6.45, 7) is -0.119. The topological polar surface area (TPSA) is 40.8 Å². The second-order valence-electron chi connectivity index (χ2n) is 4.50. The highest BCUT2D eigenvalue weighted by Crippen LogP contribution is 2.27. The van der Waals surface area contributed by atoms with Crippen molar-refractivity contribution in [3.8, 4) is 0 Å². The molecule has 2 heterocycles. The number of hydrogen-bond donors (Lipinski definition) is 1. The Morgan fingerprint density at radius 2 is 1.95 bits per heavy atom. The normalized spacial score (nSPS) is 10.9. The van der Waals surface area contributed by atoms with E-state index in [9.17, 15) is 9.50 Å². The lowest BCUT2D eigenvalue weighted by atomic mass is 10.3. The maximum Gasteiger partial charge on any atom is 0.157 e. The number of nitrogens with zero attached hydrogens (tertiary/aromatic N) is 3. The third kappa shape index (κ3) is 2.02. The zero-order chi connectivity index (χ0) is 14.1. The first-order valence-corrected chi connectivity index (χ1v) is 6.27. The molecule has 1 N–H and O–H groups in total. The quantitative estimate of drug-likeness (QED) is 0.796. The summed E-state index contributed by atoms with van der Waals surface area (Å²) < 4.78 is 14.8. The van der Waals surface area contributed by atoms with Crippen LogP contribution >= 0.6 is 0 Å². The number of rotatable bonds is 3. The third-order valence-electron chi connectivity index (χ3n) is 3.29. The Labute approximate surface area is 115 Å². The molecule has 1 aromatic carbocycles. The number of imidazole rings is 1. The van der Waals surface area contributed by atoms with Crippen LogP contribution in [0.2, 0.25) is 0 Å². The van der Waals surface area contributed by atoms with Crippen molar-refractivity contribution < 1.29 is 9.50 Å². The highest BCUT2D eigenvalue weighted by molar-refractivity contribution is 5.65. The van der Waals surface area contributed by atoms with Crippen LogP contribution in [-0.2, 0) is 6.61 Å². The summed E-state index contributed by atoms with van der Waals surface area (Å²) in [6, 6.07) is 11.8. The summed E-state index contributed by atoms with van der Waals surface area (Å²) in [5.74, 6) is 0.379. The number of halogens is 1. The predicted molar refractivity (Wildman–Crippen MR) is 75.6 cm³/mol. The molecule has 0 saturated heterocycles. The van der Waals surface area contributed by atoms with Crippen LogP contribution in [0.15, 0.2) is 48.7 Å². The van der Waals surface area contributed by atoms with Crippen molar-refractivity contribution in [2.45, 2.75) is 6.61 Å². The second-order valence-corrected chi connectivity index (χ2v) is 4.50. The van der Waals surface area contributed by atoms with Crippen LogP contribution in [0, 0.1) is 5.82 Å². The van der Waals surface area contributed by atoms with E-state index in [4.69, 9.17) is 0 Å². The summed E-state index contributed by atoms with van der Waals surface area (Å²) in [6.07, 6.45) is 1.86. The lowest BCUT2D eigenvalue weighted by Crippen LogP contribution is -2.12. The first kappa shape index (κ1) is 12.6. The number of aliphatic hydroxyl groups excluding tert-OH is 1. The van der Waals surface area contributed by atoms with E-state index in [1.165, 1.54) is 12.1 Å². The van der Waals surface area contributed by atoms with Gasteiger partial charge in [0.2, 0.25) is 0 Å². The molecule has 3 aromatic rings. The molecule has 0 aliphatic heterocycles. The van der Waals surface area contributed by atoms with Gasteiger partial charge in [0.05, 0.1) is 12.3 Å². The zero-order valence-corrected chi connectivity index (χ0v) is 11.0. The van der Waals surface area contributed by atoms with Crippen LogP contribution in [0.1, 0.15) is 5.69 Å². The SMILES string of the molecule is CN(c1ccc(F)cc1)c1nc2ccccn2c1CO. The molecule has 0 atom stereocenters. The zero-order valence-electron chi connectivity index (χ0n) is 11.0. The van der Waals surface area contributed by atoms with Gasteiger partial charge in [-0.25, -0.2) is 9.37 Å². The minimum Gasteiger partial charge on any atom is -0.390 e. The van der Waals surface area contributed by atoms with Crippen molar-refractivity contribution in [2.24, 2.45) is 0 Å². The van der Waals surface area contributed by atoms with Crippen molar-refractivity contribution in [3.63, 3.8) is 0 Å². The van der Waals surface area contributed by atoms with E-state index < -0.39 is 0 Å². The largest absolute Gasteiger partial charge is 0.390 e. The molecule has 20 heavy (non-hydrogen) atoms.